The molecule has 0 aliphatic rings. The monoisotopic (exact) mass is 258 g/mol. The van der Waals surface area contributed by atoms with Crippen LogP contribution in [0, 0.1) is 0 Å². The lowest BCUT2D eigenvalue weighted by Crippen LogP contribution is -2.50. The molecule has 0 radical (unpaired) electrons. The van der Waals surface area contributed by atoms with E-state index in [2.05, 4.69) is 25.8 Å². The summed E-state index contributed by atoms with van der Waals surface area (Å²) in [5, 5.41) is 0. The maximum atomic E-state index is 5.97. The van der Waals surface area contributed by atoms with Crippen LogP contribution in [-0.2, 0) is 4.74 Å². The van der Waals surface area contributed by atoms with Crippen LogP contribution in [0.15, 0.2) is 0 Å². The van der Waals surface area contributed by atoms with Gasteiger partial charge in [-0.15, -0.1) is 0 Å². The molecule has 0 rings (SSSR count). The fourth-order valence-corrected chi connectivity index (χ4v) is 2.17. The molecule has 0 bridgehead atoms. The third-order valence-corrected chi connectivity index (χ3v) is 3.96. The summed E-state index contributed by atoms with van der Waals surface area (Å²) in [5.41, 5.74) is 6.10. The highest BCUT2D eigenvalue weighted by Crippen LogP contribution is 2.20. The van der Waals surface area contributed by atoms with Gasteiger partial charge in [-0.3, -0.25) is 4.90 Å². The molecule has 1 unspecified atom stereocenters. The van der Waals surface area contributed by atoms with Crippen molar-refractivity contribution < 1.29 is 4.74 Å². The first-order chi connectivity index (χ1) is 8.60. The second kappa shape index (κ2) is 10.8. The Kier molecular flexibility index (Phi) is 10.7. The van der Waals surface area contributed by atoms with Crippen molar-refractivity contribution in [3.63, 3.8) is 0 Å². The number of likely N-dealkylation sites (N-methyl/N-ethyl adjacent to an activating group) is 1. The standard InChI is InChI=1S/C15H34N2O/c1-5-7-8-9-10-11-15(3,14-16)17(4)12-13-18-6-2/h5-14,16H2,1-4H3. The van der Waals surface area contributed by atoms with Crippen molar-refractivity contribution in [1.82, 2.24) is 4.90 Å². The van der Waals surface area contributed by atoms with Crippen molar-refractivity contribution in [2.75, 3.05) is 33.4 Å². The highest BCUT2D eigenvalue weighted by atomic mass is 16.5. The van der Waals surface area contributed by atoms with E-state index in [0.29, 0.717) is 0 Å². The molecule has 110 valence electrons. The van der Waals surface area contributed by atoms with Crippen molar-refractivity contribution >= 4 is 0 Å². The Labute approximate surface area is 114 Å². The van der Waals surface area contributed by atoms with Crippen molar-refractivity contribution in [2.24, 2.45) is 5.73 Å². The number of hydrogen-bond donors (Lipinski definition) is 1. The topological polar surface area (TPSA) is 38.5 Å². The predicted octanol–water partition coefficient (Wildman–Crippen LogP) is 3.03. The van der Waals surface area contributed by atoms with Crippen LogP contribution < -0.4 is 5.73 Å². The maximum Gasteiger partial charge on any atom is 0.0593 e. The fraction of sp³-hybridized carbons (Fsp3) is 1.00. The number of nitrogens with two attached hydrogens (primary N) is 1. The molecule has 0 aliphatic carbocycles. The van der Waals surface area contributed by atoms with E-state index in [1.807, 2.05) is 6.92 Å². The molecule has 0 spiro atoms. The van der Waals surface area contributed by atoms with Gasteiger partial charge in [0, 0.05) is 25.2 Å². The van der Waals surface area contributed by atoms with Gasteiger partial charge in [0.1, 0.15) is 0 Å². The van der Waals surface area contributed by atoms with E-state index in [-0.39, 0.29) is 5.54 Å². The lowest BCUT2D eigenvalue weighted by Gasteiger charge is -2.38. The minimum absolute atomic E-state index is 0.128. The Hall–Kier alpha value is -0.120. The van der Waals surface area contributed by atoms with Crippen molar-refractivity contribution in [3.05, 3.63) is 0 Å². The molecule has 0 aromatic rings. The summed E-state index contributed by atoms with van der Waals surface area (Å²) >= 11 is 0. The normalized spacial score (nSPS) is 15.0. The molecule has 3 heteroatoms. The maximum absolute atomic E-state index is 5.97. The first-order valence-corrected chi connectivity index (χ1v) is 7.59. The van der Waals surface area contributed by atoms with Gasteiger partial charge in [0.05, 0.1) is 6.61 Å². The van der Waals surface area contributed by atoms with E-state index in [4.69, 9.17) is 10.5 Å². The molecule has 0 amide bonds. The Balaban J connectivity index is 3.91. The Morgan fingerprint density at radius 1 is 1.11 bits per heavy atom. The minimum atomic E-state index is 0.128. The van der Waals surface area contributed by atoms with Crippen LogP contribution in [0.1, 0.15) is 59.3 Å². The zero-order chi connectivity index (χ0) is 13.9. The number of unbranched alkanes of at least 4 members (excludes halogenated alkanes) is 4. The largest absolute Gasteiger partial charge is 0.380 e. The lowest BCUT2D eigenvalue weighted by molar-refractivity contribution is 0.0704. The fourth-order valence-electron chi connectivity index (χ4n) is 2.17. The average Bonchev–Trinajstić information content (AvgIpc) is 2.38. The number of rotatable bonds is 12. The summed E-state index contributed by atoms with van der Waals surface area (Å²) in [7, 11) is 2.16. The summed E-state index contributed by atoms with van der Waals surface area (Å²) in [4.78, 5) is 2.36. The van der Waals surface area contributed by atoms with Gasteiger partial charge in [0.15, 0.2) is 0 Å². The second-order valence-corrected chi connectivity index (χ2v) is 5.48. The van der Waals surface area contributed by atoms with Crippen LogP contribution in [-0.4, -0.2) is 43.8 Å². The summed E-state index contributed by atoms with van der Waals surface area (Å²) in [6, 6.07) is 0. The van der Waals surface area contributed by atoms with E-state index >= 15 is 0 Å². The number of hydrogen-bond acceptors (Lipinski definition) is 3. The van der Waals surface area contributed by atoms with Crippen LogP contribution in [0.4, 0.5) is 0 Å². The third kappa shape index (κ3) is 7.34. The molecule has 18 heavy (non-hydrogen) atoms. The lowest BCUT2D eigenvalue weighted by atomic mass is 9.92. The van der Waals surface area contributed by atoms with E-state index in [0.717, 1.165) is 26.3 Å². The van der Waals surface area contributed by atoms with Gasteiger partial charge in [0.25, 0.3) is 0 Å². The first-order valence-electron chi connectivity index (χ1n) is 7.59. The average molecular weight is 258 g/mol. The molecule has 0 saturated heterocycles. The van der Waals surface area contributed by atoms with Gasteiger partial charge in [-0.1, -0.05) is 39.0 Å². The van der Waals surface area contributed by atoms with E-state index in [1.165, 1.54) is 38.5 Å². The Morgan fingerprint density at radius 3 is 2.33 bits per heavy atom. The minimum Gasteiger partial charge on any atom is -0.380 e. The third-order valence-electron chi connectivity index (χ3n) is 3.96. The molecule has 2 N–H and O–H groups in total. The molecule has 0 aromatic carbocycles. The zero-order valence-electron chi connectivity index (χ0n) is 13.0. The molecule has 0 saturated carbocycles. The smallest absolute Gasteiger partial charge is 0.0593 e. The van der Waals surface area contributed by atoms with Gasteiger partial charge in [-0.05, 0) is 27.3 Å². The van der Waals surface area contributed by atoms with E-state index in [1.54, 1.807) is 0 Å². The van der Waals surface area contributed by atoms with Crippen LogP contribution in [0.2, 0.25) is 0 Å². The highest BCUT2D eigenvalue weighted by Gasteiger charge is 2.26. The predicted molar refractivity (Wildman–Crippen MR) is 80.0 cm³/mol. The summed E-state index contributed by atoms with van der Waals surface area (Å²) < 4.78 is 5.42. The molecule has 3 nitrogen and oxygen atoms in total. The Bertz CT molecular complexity index is 187. The summed E-state index contributed by atoms with van der Waals surface area (Å²) in [6.07, 6.45) is 7.84. The van der Waals surface area contributed by atoms with Crippen LogP contribution in [0.25, 0.3) is 0 Å². The quantitative estimate of drug-likeness (QED) is 0.547. The molecule has 1 atom stereocenters. The van der Waals surface area contributed by atoms with Crippen LogP contribution in [0.3, 0.4) is 0 Å². The van der Waals surface area contributed by atoms with Crippen molar-refractivity contribution in [3.8, 4) is 0 Å². The Morgan fingerprint density at radius 2 is 1.78 bits per heavy atom. The van der Waals surface area contributed by atoms with Gasteiger partial charge in [-0.25, -0.2) is 0 Å². The zero-order valence-corrected chi connectivity index (χ0v) is 13.0. The summed E-state index contributed by atoms with van der Waals surface area (Å²) in [6.45, 7) is 9.86. The second-order valence-electron chi connectivity index (χ2n) is 5.48. The van der Waals surface area contributed by atoms with Crippen LogP contribution >= 0.6 is 0 Å². The number of nitrogens with zero attached hydrogens (tertiary/aromatic N) is 1. The molecule has 0 aliphatic heterocycles. The first kappa shape index (κ1) is 17.9. The SMILES string of the molecule is CCCCCCCC(C)(CN)N(C)CCOCC. The highest BCUT2D eigenvalue weighted by molar-refractivity contribution is 4.85. The molecule has 0 fully saturated rings. The summed E-state index contributed by atoms with van der Waals surface area (Å²) in [5.74, 6) is 0. The van der Waals surface area contributed by atoms with Crippen LogP contribution in [0.5, 0.6) is 0 Å². The van der Waals surface area contributed by atoms with Gasteiger partial charge in [0.2, 0.25) is 0 Å². The van der Waals surface area contributed by atoms with Crippen molar-refractivity contribution in [1.29, 1.82) is 0 Å². The number of ether oxygens (including phenoxy) is 1. The molecular formula is C15H34N2O. The molecule has 0 aromatic heterocycles. The van der Waals surface area contributed by atoms with Gasteiger partial charge < -0.3 is 10.5 Å². The molecular weight excluding hydrogens is 224 g/mol. The molecule has 0 heterocycles. The van der Waals surface area contributed by atoms with Gasteiger partial charge >= 0.3 is 0 Å². The van der Waals surface area contributed by atoms with E-state index in [9.17, 15) is 0 Å². The van der Waals surface area contributed by atoms with Crippen molar-refractivity contribution in [2.45, 2.75) is 64.8 Å². The van der Waals surface area contributed by atoms with Gasteiger partial charge in [-0.2, -0.15) is 0 Å². The van der Waals surface area contributed by atoms with E-state index < -0.39 is 0 Å².